The molecule has 0 fully saturated rings. The molecule has 2 aromatic rings. The quantitative estimate of drug-likeness (QED) is 0.733. The lowest BCUT2D eigenvalue weighted by Gasteiger charge is -2.28. The van der Waals surface area contributed by atoms with Gasteiger partial charge in [0.15, 0.2) is 0 Å². The lowest BCUT2D eigenvalue weighted by atomic mass is 10.1. The molecular weight excluding hydrogens is 298 g/mol. The van der Waals surface area contributed by atoms with E-state index < -0.39 is 0 Å². The first kappa shape index (κ1) is 18.1. The van der Waals surface area contributed by atoms with Gasteiger partial charge in [0.25, 0.3) is 5.91 Å². The maximum Gasteiger partial charge on any atom is 0.254 e. The summed E-state index contributed by atoms with van der Waals surface area (Å²) in [6.07, 6.45) is 0. The zero-order valence-electron chi connectivity index (χ0n) is 15.0. The van der Waals surface area contributed by atoms with Gasteiger partial charge in [-0.3, -0.25) is 4.79 Å². The number of nitrogens with zero attached hydrogens (tertiary/aromatic N) is 1. The monoisotopic (exact) mass is 325 g/mol. The van der Waals surface area contributed by atoms with Gasteiger partial charge in [-0.25, -0.2) is 0 Å². The van der Waals surface area contributed by atoms with E-state index in [0.717, 1.165) is 23.4 Å². The van der Waals surface area contributed by atoms with Gasteiger partial charge in [-0.15, -0.1) is 0 Å². The SMILES string of the molecule is CC(C)CN(C(=O)c1ccc(COc2ccccc2)cc1)C(C)C. The highest BCUT2D eigenvalue weighted by atomic mass is 16.5. The molecule has 24 heavy (non-hydrogen) atoms. The molecule has 0 saturated carbocycles. The van der Waals surface area contributed by atoms with E-state index in [9.17, 15) is 4.79 Å². The van der Waals surface area contributed by atoms with Crippen molar-refractivity contribution in [3.05, 3.63) is 65.7 Å². The van der Waals surface area contributed by atoms with E-state index in [1.807, 2.05) is 59.5 Å². The predicted molar refractivity (Wildman–Crippen MR) is 98.2 cm³/mol. The second-order valence-corrected chi connectivity index (χ2v) is 6.74. The molecule has 3 heteroatoms. The summed E-state index contributed by atoms with van der Waals surface area (Å²) in [7, 11) is 0. The third kappa shape index (κ3) is 5.12. The average Bonchev–Trinajstić information content (AvgIpc) is 2.58. The first-order chi connectivity index (χ1) is 11.5. The molecule has 0 radical (unpaired) electrons. The van der Waals surface area contributed by atoms with Crippen LogP contribution in [0.2, 0.25) is 0 Å². The number of para-hydroxylation sites is 1. The Labute approximate surface area is 145 Å². The summed E-state index contributed by atoms with van der Waals surface area (Å²) in [5, 5.41) is 0. The normalized spacial score (nSPS) is 10.9. The van der Waals surface area contributed by atoms with Gasteiger partial charge in [-0.2, -0.15) is 0 Å². The van der Waals surface area contributed by atoms with Crippen molar-refractivity contribution in [1.29, 1.82) is 0 Å². The molecule has 0 bridgehead atoms. The molecule has 0 spiro atoms. The maximum absolute atomic E-state index is 12.7. The molecule has 0 aromatic heterocycles. The van der Waals surface area contributed by atoms with Crippen molar-refractivity contribution in [3.8, 4) is 5.75 Å². The Morgan fingerprint density at radius 2 is 1.58 bits per heavy atom. The van der Waals surface area contributed by atoms with Crippen LogP contribution < -0.4 is 4.74 Å². The number of benzene rings is 2. The fraction of sp³-hybridized carbons (Fsp3) is 0.381. The number of hydrogen-bond donors (Lipinski definition) is 0. The Bertz CT molecular complexity index is 633. The van der Waals surface area contributed by atoms with E-state index in [1.165, 1.54) is 0 Å². The van der Waals surface area contributed by atoms with Crippen LogP contribution in [0.1, 0.15) is 43.6 Å². The summed E-state index contributed by atoms with van der Waals surface area (Å²) in [6, 6.07) is 17.6. The van der Waals surface area contributed by atoms with Gasteiger partial charge in [0.1, 0.15) is 12.4 Å². The highest BCUT2D eigenvalue weighted by Crippen LogP contribution is 2.15. The molecule has 0 unspecified atom stereocenters. The number of hydrogen-bond acceptors (Lipinski definition) is 2. The third-order valence-corrected chi connectivity index (χ3v) is 3.80. The summed E-state index contributed by atoms with van der Waals surface area (Å²) >= 11 is 0. The summed E-state index contributed by atoms with van der Waals surface area (Å²) in [5.41, 5.74) is 1.78. The molecule has 0 N–H and O–H groups in total. The topological polar surface area (TPSA) is 29.5 Å². The van der Waals surface area contributed by atoms with Crippen LogP contribution in [0.3, 0.4) is 0 Å². The molecule has 128 valence electrons. The average molecular weight is 325 g/mol. The van der Waals surface area contributed by atoms with Crippen molar-refractivity contribution in [2.24, 2.45) is 5.92 Å². The van der Waals surface area contributed by atoms with Crippen molar-refractivity contribution in [1.82, 2.24) is 4.90 Å². The molecule has 0 aliphatic rings. The van der Waals surface area contributed by atoms with Gasteiger partial charge >= 0.3 is 0 Å². The Hall–Kier alpha value is -2.29. The number of rotatable bonds is 7. The van der Waals surface area contributed by atoms with Crippen molar-refractivity contribution < 1.29 is 9.53 Å². The minimum Gasteiger partial charge on any atom is -0.489 e. The molecule has 0 aliphatic carbocycles. The molecule has 0 heterocycles. The molecule has 0 saturated heterocycles. The number of carbonyl (C=O) groups excluding carboxylic acids is 1. The standard InChI is InChI=1S/C21H27NO2/c1-16(2)14-22(17(3)4)21(23)19-12-10-18(11-13-19)15-24-20-8-6-5-7-9-20/h5-13,16-17H,14-15H2,1-4H3. The Morgan fingerprint density at radius 3 is 2.12 bits per heavy atom. The van der Waals surface area contributed by atoms with Gasteiger partial charge in [0.05, 0.1) is 0 Å². The fourth-order valence-electron chi connectivity index (χ4n) is 2.51. The Balaban J connectivity index is 2.01. The van der Waals surface area contributed by atoms with E-state index in [1.54, 1.807) is 0 Å². The van der Waals surface area contributed by atoms with E-state index in [-0.39, 0.29) is 11.9 Å². The predicted octanol–water partition coefficient (Wildman–Crippen LogP) is 4.77. The van der Waals surface area contributed by atoms with Crippen LogP contribution in [0.5, 0.6) is 5.75 Å². The van der Waals surface area contributed by atoms with Gasteiger partial charge in [-0.1, -0.05) is 44.2 Å². The minimum absolute atomic E-state index is 0.0919. The first-order valence-corrected chi connectivity index (χ1v) is 8.55. The minimum atomic E-state index is 0.0919. The van der Waals surface area contributed by atoms with Crippen molar-refractivity contribution in [2.45, 2.75) is 40.3 Å². The summed E-state index contributed by atoms with van der Waals surface area (Å²) in [6.45, 7) is 9.65. The summed E-state index contributed by atoms with van der Waals surface area (Å²) < 4.78 is 5.74. The van der Waals surface area contributed by atoms with Crippen molar-refractivity contribution in [2.75, 3.05) is 6.54 Å². The van der Waals surface area contributed by atoms with Gasteiger partial charge in [0.2, 0.25) is 0 Å². The van der Waals surface area contributed by atoms with Crippen molar-refractivity contribution in [3.63, 3.8) is 0 Å². The molecule has 1 amide bonds. The van der Waals surface area contributed by atoms with Gasteiger partial charge in [0, 0.05) is 18.2 Å². The van der Waals surface area contributed by atoms with E-state index >= 15 is 0 Å². The molecule has 0 atom stereocenters. The third-order valence-electron chi connectivity index (χ3n) is 3.80. The number of ether oxygens (including phenoxy) is 1. The van der Waals surface area contributed by atoms with Crippen LogP contribution in [0.4, 0.5) is 0 Å². The largest absolute Gasteiger partial charge is 0.489 e. The fourth-order valence-corrected chi connectivity index (χ4v) is 2.51. The molecule has 2 rings (SSSR count). The second-order valence-electron chi connectivity index (χ2n) is 6.74. The zero-order chi connectivity index (χ0) is 17.5. The number of carbonyl (C=O) groups is 1. The molecule has 2 aromatic carbocycles. The van der Waals surface area contributed by atoms with Crippen LogP contribution in [0.25, 0.3) is 0 Å². The highest BCUT2D eigenvalue weighted by molar-refractivity contribution is 5.94. The Morgan fingerprint density at radius 1 is 0.958 bits per heavy atom. The van der Waals surface area contributed by atoms with E-state index in [2.05, 4.69) is 27.7 Å². The smallest absolute Gasteiger partial charge is 0.254 e. The molecular formula is C21H27NO2. The van der Waals surface area contributed by atoms with E-state index in [4.69, 9.17) is 4.74 Å². The van der Waals surface area contributed by atoms with Crippen LogP contribution in [0.15, 0.2) is 54.6 Å². The molecule has 0 aliphatic heterocycles. The van der Waals surface area contributed by atoms with Gasteiger partial charge in [-0.05, 0) is 49.6 Å². The van der Waals surface area contributed by atoms with Gasteiger partial charge < -0.3 is 9.64 Å². The lowest BCUT2D eigenvalue weighted by Crippen LogP contribution is -2.39. The van der Waals surface area contributed by atoms with E-state index in [0.29, 0.717) is 12.5 Å². The van der Waals surface area contributed by atoms with Crippen LogP contribution in [0, 0.1) is 5.92 Å². The first-order valence-electron chi connectivity index (χ1n) is 8.55. The summed E-state index contributed by atoms with van der Waals surface area (Å²) in [5.74, 6) is 1.39. The molecule has 3 nitrogen and oxygen atoms in total. The van der Waals surface area contributed by atoms with Crippen LogP contribution in [-0.4, -0.2) is 23.4 Å². The second kappa shape index (κ2) is 8.53. The van der Waals surface area contributed by atoms with Crippen LogP contribution in [-0.2, 0) is 6.61 Å². The zero-order valence-corrected chi connectivity index (χ0v) is 15.0. The lowest BCUT2D eigenvalue weighted by molar-refractivity contribution is 0.0682. The number of amides is 1. The maximum atomic E-state index is 12.7. The van der Waals surface area contributed by atoms with Crippen molar-refractivity contribution >= 4 is 5.91 Å². The summed E-state index contributed by atoms with van der Waals surface area (Å²) in [4.78, 5) is 14.6. The van der Waals surface area contributed by atoms with Crippen LogP contribution >= 0.6 is 0 Å². The highest BCUT2D eigenvalue weighted by Gasteiger charge is 2.19. The Kier molecular flexibility index (Phi) is 6.42.